The van der Waals surface area contributed by atoms with Crippen molar-refractivity contribution in [3.8, 4) is 5.75 Å². The van der Waals surface area contributed by atoms with Crippen LogP contribution in [-0.4, -0.2) is 40.3 Å². The smallest absolute Gasteiger partial charge is 0.238 e. The average molecular weight is 537 g/mol. The van der Waals surface area contributed by atoms with Gasteiger partial charge in [0.05, 0.1) is 12.3 Å². The maximum Gasteiger partial charge on any atom is 0.238 e. The van der Waals surface area contributed by atoms with Gasteiger partial charge < -0.3 is 10.1 Å². The van der Waals surface area contributed by atoms with Gasteiger partial charge in [0.25, 0.3) is 0 Å². The summed E-state index contributed by atoms with van der Waals surface area (Å²) in [7, 11) is 0. The first kappa shape index (κ1) is 22.6. The lowest BCUT2D eigenvalue weighted by Crippen LogP contribution is -2.45. The lowest BCUT2D eigenvalue weighted by Gasteiger charge is -2.30. The van der Waals surface area contributed by atoms with E-state index < -0.39 is 5.25 Å². The third-order valence-electron chi connectivity index (χ3n) is 4.39. The lowest BCUT2D eigenvalue weighted by atomic mass is 10.2. The summed E-state index contributed by atoms with van der Waals surface area (Å²) in [5, 5.41) is 2.92. The van der Waals surface area contributed by atoms with Crippen LogP contribution in [0.15, 0.2) is 53.5 Å². The maximum atomic E-state index is 12.8. The number of benzene rings is 2. The van der Waals surface area contributed by atoms with Crippen molar-refractivity contribution in [2.75, 3.05) is 18.5 Å². The topological polar surface area (TPSA) is 71.0 Å². The predicted octanol–water partition coefficient (Wildman–Crippen LogP) is 5.06. The van der Waals surface area contributed by atoms with Gasteiger partial charge in [-0.1, -0.05) is 18.7 Å². The number of amides is 2. The first-order valence-electron chi connectivity index (χ1n) is 9.85. The fraction of sp³-hybridized carbons (Fsp3) is 0.318. The zero-order chi connectivity index (χ0) is 21.5. The van der Waals surface area contributed by atoms with Crippen molar-refractivity contribution in [1.82, 2.24) is 4.90 Å². The number of aliphatic imine (C=N–C) groups is 1. The summed E-state index contributed by atoms with van der Waals surface area (Å²) in [5.41, 5.74) is 1.43. The molecular weight excluding hydrogens is 513 g/mol. The van der Waals surface area contributed by atoms with E-state index in [0.29, 0.717) is 24.0 Å². The molecular formula is C22H24IN3O3S. The highest BCUT2D eigenvalue weighted by Gasteiger charge is 2.35. The molecule has 8 heteroatoms. The Balaban J connectivity index is 1.71. The second-order valence-corrected chi connectivity index (χ2v) is 9.10. The van der Waals surface area contributed by atoms with E-state index in [-0.39, 0.29) is 18.2 Å². The summed E-state index contributed by atoms with van der Waals surface area (Å²) in [6, 6.07) is 15.0. The minimum absolute atomic E-state index is 0.0935. The van der Waals surface area contributed by atoms with E-state index in [9.17, 15) is 9.59 Å². The molecule has 0 radical (unpaired) electrons. The lowest BCUT2D eigenvalue weighted by molar-refractivity contribution is -0.129. The minimum atomic E-state index is -0.529. The molecule has 1 aliphatic heterocycles. The van der Waals surface area contributed by atoms with Crippen LogP contribution < -0.4 is 10.1 Å². The predicted molar refractivity (Wildman–Crippen MR) is 130 cm³/mol. The van der Waals surface area contributed by atoms with Crippen molar-refractivity contribution in [3.63, 3.8) is 0 Å². The first-order valence-corrected chi connectivity index (χ1v) is 11.8. The van der Waals surface area contributed by atoms with Crippen LogP contribution in [-0.2, 0) is 9.59 Å². The fourth-order valence-electron chi connectivity index (χ4n) is 2.86. The van der Waals surface area contributed by atoms with E-state index in [1.807, 2.05) is 50.2 Å². The van der Waals surface area contributed by atoms with E-state index in [4.69, 9.17) is 4.74 Å². The Morgan fingerprint density at radius 1 is 1.20 bits per heavy atom. The summed E-state index contributed by atoms with van der Waals surface area (Å²) in [6.07, 6.45) is 1.08. The normalized spacial score (nSPS) is 17.8. The van der Waals surface area contributed by atoms with Crippen LogP contribution >= 0.6 is 34.4 Å². The van der Waals surface area contributed by atoms with Crippen LogP contribution in [0, 0.1) is 3.57 Å². The fourth-order valence-corrected chi connectivity index (χ4v) is 4.38. The number of anilines is 1. The number of thioether (sulfide) groups is 1. The summed E-state index contributed by atoms with van der Waals surface area (Å²) >= 11 is 3.56. The van der Waals surface area contributed by atoms with Gasteiger partial charge in [-0.25, -0.2) is 4.99 Å². The van der Waals surface area contributed by atoms with Gasteiger partial charge in [-0.15, -0.1) is 0 Å². The van der Waals surface area contributed by atoms with Gasteiger partial charge in [-0.3, -0.25) is 14.5 Å². The molecule has 0 aromatic heterocycles. The van der Waals surface area contributed by atoms with Crippen LogP contribution in [0.4, 0.5) is 11.4 Å². The van der Waals surface area contributed by atoms with Crippen molar-refractivity contribution >= 4 is 62.7 Å². The number of carbonyl (C=O) groups excluding carboxylic acids is 2. The van der Waals surface area contributed by atoms with Gasteiger partial charge in [0.15, 0.2) is 5.17 Å². The summed E-state index contributed by atoms with van der Waals surface area (Å²) in [6.45, 7) is 5.13. The van der Waals surface area contributed by atoms with Crippen LogP contribution in [0.5, 0.6) is 5.75 Å². The van der Waals surface area contributed by atoms with Gasteiger partial charge in [0.1, 0.15) is 11.0 Å². The Morgan fingerprint density at radius 3 is 2.53 bits per heavy atom. The highest BCUT2D eigenvalue weighted by atomic mass is 127. The largest absolute Gasteiger partial charge is 0.494 e. The molecule has 1 N–H and O–H groups in total. The number of nitrogens with zero attached hydrogens (tertiary/aromatic N) is 2. The number of halogens is 1. The molecule has 158 valence electrons. The average Bonchev–Trinajstić information content (AvgIpc) is 2.74. The highest BCUT2D eigenvalue weighted by Crippen LogP contribution is 2.30. The monoisotopic (exact) mass is 537 g/mol. The molecule has 1 unspecified atom stereocenters. The Morgan fingerprint density at radius 2 is 1.90 bits per heavy atom. The van der Waals surface area contributed by atoms with Crippen molar-refractivity contribution in [1.29, 1.82) is 0 Å². The third-order valence-corrected chi connectivity index (χ3v) is 6.30. The van der Waals surface area contributed by atoms with Crippen LogP contribution in [0.2, 0.25) is 0 Å². The minimum Gasteiger partial charge on any atom is -0.494 e. The Kier molecular flexibility index (Phi) is 8.15. The number of hydrogen-bond acceptors (Lipinski definition) is 5. The van der Waals surface area contributed by atoms with Crippen molar-refractivity contribution < 1.29 is 14.3 Å². The van der Waals surface area contributed by atoms with Crippen LogP contribution in [0.1, 0.15) is 26.7 Å². The zero-order valence-corrected chi connectivity index (χ0v) is 19.9. The van der Waals surface area contributed by atoms with E-state index >= 15 is 0 Å². The quantitative estimate of drug-likeness (QED) is 0.502. The number of carbonyl (C=O) groups is 2. The van der Waals surface area contributed by atoms with E-state index in [1.54, 1.807) is 17.0 Å². The number of amidine groups is 1. The Bertz CT molecular complexity index is 916. The molecule has 2 amide bonds. The number of nitrogens with one attached hydrogen (secondary N) is 1. The van der Waals surface area contributed by atoms with Gasteiger partial charge in [-0.2, -0.15) is 0 Å². The zero-order valence-electron chi connectivity index (χ0n) is 16.9. The molecule has 30 heavy (non-hydrogen) atoms. The van der Waals surface area contributed by atoms with Gasteiger partial charge in [0, 0.05) is 22.2 Å². The third kappa shape index (κ3) is 5.98. The molecule has 1 heterocycles. The van der Waals surface area contributed by atoms with Crippen molar-refractivity contribution in [2.45, 2.75) is 31.9 Å². The number of hydrogen-bond donors (Lipinski definition) is 1. The number of ether oxygens (including phenoxy) is 1. The molecule has 0 spiro atoms. The Labute approximate surface area is 194 Å². The molecule has 2 aromatic rings. The molecule has 0 saturated carbocycles. The molecule has 2 aromatic carbocycles. The van der Waals surface area contributed by atoms with E-state index in [2.05, 4.69) is 32.9 Å². The van der Waals surface area contributed by atoms with Gasteiger partial charge in [0.2, 0.25) is 11.8 Å². The van der Waals surface area contributed by atoms with Crippen molar-refractivity contribution in [2.24, 2.45) is 4.99 Å². The summed E-state index contributed by atoms with van der Waals surface area (Å²) < 4.78 is 6.68. The molecule has 1 aliphatic rings. The van der Waals surface area contributed by atoms with Crippen LogP contribution in [0.25, 0.3) is 0 Å². The highest BCUT2D eigenvalue weighted by molar-refractivity contribution is 14.1. The van der Waals surface area contributed by atoms with E-state index in [0.717, 1.165) is 21.4 Å². The standard InChI is InChI=1S/C22H24IN3O3S/c1-3-13-29-18-11-9-16(10-12-18)24-21(28)19-14-20(27)26(4-2)22(30-19)25-17-7-5-15(23)6-8-17/h5-12,19H,3-4,13-14H2,1-2H3,(H,24,28). The maximum absolute atomic E-state index is 12.8. The second-order valence-electron chi connectivity index (χ2n) is 6.68. The molecule has 0 bridgehead atoms. The van der Waals surface area contributed by atoms with Gasteiger partial charge in [-0.05, 0) is 84.5 Å². The summed E-state index contributed by atoms with van der Waals surface area (Å²) in [4.78, 5) is 31.7. The molecule has 3 rings (SSSR count). The van der Waals surface area contributed by atoms with E-state index in [1.165, 1.54) is 11.8 Å². The van der Waals surface area contributed by atoms with Crippen LogP contribution in [0.3, 0.4) is 0 Å². The SMILES string of the molecule is CCCOc1ccc(NC(=O)C2CC(=O)N(CC)C(=Nc3ccc(I)cc3)S2)cc1. The second kappa shape index (κ2) is 10.8. The van der Waals surface area contributed by atoms with Gasteiger partial charge >= 0.3 is 0 Å². The molecule has 1 saturated heterocycles. The van der Waals surface area contributed by atoms with Crippen molar-refractivity contribution in [3.05, 3.63) is 52.1 Å². The molecule has 0 aliphatic carbocycles. The molecule has 6 nitrogen and oxygen atoms in total. The molecule has 1 atom stereocenters. The Hall–Kier alpha value is -2.07. The summed E-state index contributed by atoms with van der Waals surface area (Å²) in [5.74, 6) is 0.466. The number of rotatable bonds is 7. The first-order chi connectivity index (χ1) is 14.5. The molecule has 1 fully saturated rings.